The number of alkyl halides is 3. The first-order valence-electron chi connectivity index (χ1n) is 15.6. The van der Waals surface area contributed by atoms with Gasteiger partial charge in [-0.3, -0.25) is 29.0 Å². The number of hydrogen-bond acceptors (Lipinski definition) is 7. The van der Waals surface area contributed by atoms with Crippen LogP contribution in [0.15, 0.2) is 72.3 Å². The first kappa shape index (κ1) is 30.9. The molecule has 2 aliphatic carbocycles. The summed E-state index contributed by atoms with van der Waals surface area (Å²) in [6.45, 7) is 2.78. The van der Waals surface area contributed by atoms with Gasteiger partial charge in [0.1, 0.15) is 5.75 Å². The number of carbonyl (C=O) groups is 4. The average Bonchev–Trinajstić information content (AvgIpc) is 3.43. The van der Waals surface area contributed by atoms with Gasteiger partial charge in [0.15, 0.2) is 9.75 Å². The lowest BCUT2D eigenvalue weighted by Crippen LogP contribution is -2.60. The summed E-state index contributed by atoms with van der Waals surface area (Å²) in [4.78, 5) is 57.0. The zero-order valence-electron chi connectivity index (χ0n) is 25.1. The van der Waals surface area contributed by atoms with Crippen molar-refractivity contribution in [3.05, 3.63) is 77.9 Å². The Morgan fingerprint density at radius 2 is 1.57 bits per heavy atom. The summed E-state index contributed by atoms with van der Waals surface area (Å²) in [6, 6.07) is 18.1. The van der Waals surface area contributed by atoms with Crippen molar-refractivity contribution < 1.29 is 29.0 Å². The molecule has 242 valence electrons. The second-order valence-electron chi connectivity index (χ2n) is 12.8. The summed E-state index contributed by atoms with van der Waals surface area (Å²) in [5, 5.41) is 12.9. The molecule has 3 aromatic rings. The van der Waals surface area contributed by atoms with Crippen LogP contribution in [0, 0.1) is 17.8 Å². The largest absolute Gasteiger partial charge is 0.508 e. The van der Waals surface area contributed by atoms with E-state index in [9.17, 15) is 24.3 Å². The van der Waals surface area contributed by atoms with Crippen molar-refractivity contribution >= 4 is 84.9 Å². The fourth-order valence-corrected chi connectivity index (χ4v) is 9.96. The molecule has 3 aromatic carbocycles. The number of aromatic hydroxyl groups is 1. The lowest BCUT2D eigenvalue weighted by Gasteiger charge is -2.51. The molecule has 0 spiro atoms. The number of morpholine rings is 1. The molecule has 4 fully saturated rings. The number of halogens is 3. The number of carbonyl (C=O) groups excluding carboxylic acids is 4. The molecule has 8 rings (SSSR count). The van der Waals surface area contributed by atoms with Gasteiger partial charge in [-0.25, -0.2) is 0 Å². The molecule has 3 saturated heterocycles. The fraction of sp³-hybridized carbons (Fsp3) is 0.371. The van der Waals surface area contributed by atoms with E-state index in [2.05, 4.69) is 20.8 Å². The lowest BCUT2D eigenvalue weighted by molar-refractivity contribution is -0.138. The van der Waals surface area contributed by atoms with E-state index in [1.165, 1.54) is 4.90 Å². The highest BCUT2D eigenvalue weighted by Gasteiger charge is 2.76. The minimum Gasteiger partial charge on any atom is -0.508 e. The maximum absolute atomic E-state index is 14.4. The van der Waals surface area contributed by atoms with E-state index in [-0.39, 0.29) is 35.9 Å². The van der Waals surface area contributed by atoms with Crippen molar-refractivity contribution in [3.8, 4) is 5.75 Å². The molecule has 0 radical (unpaired) electrons. The van der Waals surface area contributed by atoms with Crippen LogP contribution in [0.5, 0.6) is 5.75 Å². The first-order valence-corrected chi connectivity index (χ1v) is 17.5. The molecule has 0 unspecified atom stereocenters. The smallest absolute Gasteiger partial charge is 0.254 e. The van der Waals surface area contributed by atoms with Gasteiger partial charge in [0.2, 0.25) is 11.8 Å². The molecule has 3 aliphatic heterocycles. The Bertz CT molecular complexity index is 1900. The number of hydrogen-bond donors (Lipinski definition) is 1. The number of benzene rings is 3. The number of amides is 4. The molecule has 1 saturated carbocycles. The minimum atomic E-state index is -2.00. The van der Waals surface area contributed by atoms with Crippen LogP contribution < -0.4 is 9.80 Å². The number of rotatable bonds is 4. The van der Waals surface area contributed by atoms with Crippen LogP contribution in [0.3, 0.4) is 0 Å². The lowest BCUT2D eigenvalue weighted by atomic mass is 9.56. The molecule has 1 N–H and O–H groups in total. The number of phenols is 1. The van der Waals surface area contributed by atoms with Crippen molar-refractivity contribution in [2.45, 2.75) is 28.5 Å². The molecule has 3 heterocycles. The van der Waals surface area contributed by atoms with Gasteiger partial charge in [-0.15, -0.1) is 23.2 Å². The quantitative estimate of drug-likeness (QED) is 0.168. The van der Waals surface area contributed by atoms with E-state index in [1.807, 2.05) is 42.5 Å². The summed E-state index contributed by atoms with van der Waals surface area (Å²) in [5.41, 5.74) is 2.32. The molecule has 6 atom stereocenters. The van der Waals surface area contributed by atoms with Gasteiger partial charge in [-0.2, -0.15) is 0 Å². The van der Waals surface area contributed by atoms with Gasteiger partial charge in [0, 0.05) is 30.3 Å². The number of likely N-dealkylation sites (tertiary alicyclic amines) is 1. The van der Waals surface area contributed by atoms with E-state index in [0.717, 1.165) is 29.1 Å². The molecule has 5 aliphatic rings. The Morgan fingerprint density at radius 3 is 2.30 bits per heavy atom. The minimum absolute atomic E-state index is 0.107. The van der Waals surface area contributed by atoms with Gasteiger partial charge in [0.25, 0.3) is 11.8 Å². The molecule has 0 bridgehead atoms. The van der Waals surface area contributed by atoms with Crippen molar-refractivity contribution in [1.82, 2.24) is 4.90 Å². The van der Waals surface area contributed by atoms with Crippen LogP contribution in [-0.2, 0) is 23.9 Å². The molecule has 0 aromatic heterocycles. The van der Waals surface area contributed by atoms with E-state index in [0.29, 0.717) is 35.4 Å². The molecule has 47 heavy (non-hydrogen) atoms. The monoisotopic (exact) mass is 737 g/mol. The maximum atomic E-state index is 14.4. The molecular formula is C35H30BrCl2N3O6. The van der Waals surface area contributed by atoms with Crippen LogP contribution in [0.25, 0.3) is 10.8 Å². The third-order valence-electron chi connectivity index (χ3n) is 10.7. The van der Waals surface area contributed by atoms with Gasteiger partial charge in [0.05, 0.1) is 36.2 Å². The number of phenolic OH excluding ortho intramolecular Hbond substituents is 1. The van der Waals surface area contributed by atoms with Crippen LogP contribution in [0.2, 0.25) is 0 Å². The van der Waals surface area contributed by atoms with Crippen molar-refractivity contribution in [1.29, 1.82) is 0 Å². The zero-order valence-corrected chi connectivity index (χ0v) is 28.2. The van der Waals surface area contributed by atoms with E-state index >= 15 is 0 Å². The number of allylic oxidation sites excluding steroid dienone is 2. The average molecular weight is 739 g/mol. The number of nitrogens with zero attached hydrogens (tertiary/aromatic N) is 3. The standard InChI is InChI=1S/C35H30BrCl2N3O6/c36-18-40-32(45)34(37)17-25-23(29(35(34,38)33(40)46)28-22-4-2-1-3-19(22)5-12-26(28)42)10-11-24-27(25)31(44)41(30(24)43)21-8-6-20(7-9-21)39-13-15-47-16-14-39/h1-10,12,24-25,27,29,42H,11,13-18H2/t24-,25+,27-,29+,34+,35-/m0/s1. The predicted molar refractivity (Wildman–Crippen MR) is 181 cm³/mol. The van der Waals surface area contributed by atoms with Gasteiger partial charge < -0.3 is 14.7 Å². The summed E-state index contributed by atoms with van der Waals surface area (Å²) < 4.78 is 5.46. The summed E-state index contributed by atoms with van der Waals surface area (Å²) in [6.07, 6.45) is 1.99. The molecule has 9 nitrogen and oxygen atoms in total. The number of fused-ring (bicyclic) bond motifs is 5. The van der Waals surface area contributed by atoms with Gasteiger partial charge >= 0.3 is 0 Å². The van der Waals surface area contributed by atoms with Crippen LogP contribution >= 0.6 is 39.1 Å². The Kier molecular flexibility index (Phi) is 7.26. The summed E-state index contributed by atoms with van der Waals surface area (Å²) in [5.74, 6) is -5.42. The van der Waals surface area contributed by atoms with E-state index in [1.54, 1.807) is 24.3 Å². The maximum Gasteiger partial charge on any atom is 0.254 e. The molecule has 12 heteroatoms. The highest BCUT2D eigenvalue weighted by molar-refractivity contribution is 9.09. The normalized spacial score (nSPS) is 32.1. The summed E-state index contributed by atoms with van der Waals surface area (Å²) in [7, 11) is 0. The van der Waals surface area contributed by atoms with Crippen molar-refractivity contribution in [2.24, 2.45) is 17.8 Å². The number of ether oxygens (including phenoxy) is 1. The Labute approximate surface area is 289 Å². The first-order chi connectivity index (χ1) is 22.6. The predicted octanol–water partition coefficient (Wildman–Crippen LogP) is 5.30. The number of imide groups is 2. The van der Waals surface area contributed by atoms with E-state index in [4.69, 9.17) is 27.9 Å². The third-order valence-corrected chi connectivity index (χ3v) is 12.7. The SMILES string of the molecule is O=C1[C@H]2[C@H](CC=C3[C@H]2C[C@@]2(Cl)C(=O)N(CBr)C(=O)[C@@]2(Cl)[C@H]3c2c(O)ccc3ccccc23)C(=O)N1c1ccc(N2CCOCC2)cc1. The highest BCUT2D eigenvalue weighted by atomic mass is 79.9. The topological polar surface area (TPSA) is 107 Å². The summed E-state index contributed by atoms with van der Waals surface area (Å²) >= 11 is 18.0. The van der Waals surface area contributed by atoms with Crippen LogP contribution in [0.4, 0.5) is 11.4 Å². The number of anilines is 2. The Balaban J connectivity index is 1.24. The van der Waals surface area contributed by atoms with Gasteiger partial charge in [-0.1, -0.05) is 57.9 Å². The second kappa shape index (κ2) is 11.1. The molecular weight excluding hydrogens is 709 g/mol. The second-order valence-corrected chi connectivity index (χ2v) is 14.6. The fourth-order valence-electron chi connectivity index (χ4n) is 8.55. The Morgan fingerprint density at radius 1 is 0.872 bits per heavy atom. The van der Waals surface area contributed by atoms with E-state index < -0.39 is 45.2 Å². The third kappa shape index (κ3) is 4.17. The zero-order chi connectivity index (χ0) is 32.8. The van der Waals surface area contributed by atoms with Crippen LogP contribution in [0.1, 0.15) is 24.3 Å². The van der Waals surface area contributed by atoms with Crippen LogP contribution in [-0.4, -0.2) is 75.1 Å². The van der Waals surface area contributed by atoms with Crippen molar-refractivity contribution in [2.75, 3.05) is 41.6 Å². The molecule has 4 amide bonds. The Hall–Kier alpha value is -3.44. The van der Waals surface area contributed by atoms with Crippen molar-refractivity contribution in [3.63, 3.8) is 0 Å². The van der Waals surface area contributed by atoms with Gasteiger partial charge in [-0.05, 0) is 59.9 Å². The highest BCUT2D eigenvalue weighted by Crippen LogP contribution is 2.66.